The summed E-state index contributed by atoms with van der Waals surface area (Å²) < 4.78 is 0. The second-order valence-corrected chi connectivity index (χ2v) is 11.6. The van der Waals surface area contributed by atoms with E-state index in [1.165, 1.54) is 30.4 Å². The van der Waals surface area contributed by atoms with E-state index in [0.717, 1.165) is 44.1 Å². The van der Waals surface area contributed by atoms with Crippen molar-refractivity contribution in [2.75, 3.05) is 6.54 Å². The smallest absolute Gasteiger partial charge is 0.240 e. The molecule has 2 aliphatic carbocycles. The lowest BCUT2D eigenvalue weighted by Gasteiger charge is -2.35. The van der Waals surface area contributed by atoms with Gasteiger partial charge in [0.25, 0.3) is 0 Å². The van der Waals surface area contributed by atoms with E-state index in [4.69, 9.17) is 0 Å². The van der Waals surface area contributed by atoms with Crippen LogP contribution in [0.3, 0.4) is 0 Å². The normalized spacial score (nSPS) is 17.8. The zero-order chi connectivity index (χ0) is 27.6. The van der Waals surface area contributed by atoms with Gasteiger partial charge in [-0.25, -0.2) is 0 Å². The summed E-state index contributed by atoms with van der Waals surface area (Å²) in [5, 5.41) is 10.3. The second kappa shape index (κ2) is 13.8. The quantitative estimate of drug-likeness (QED) is 0.285. The Kier molecular flexibility index (Phi) is 9.67. The maximum atomic E-state index is 14.0. The molecule has 210 valence electrons. The van der Waals surface area contributed by atoms with Crippen LogP contribution in [0.25, 0.3) is 0 Å². The summed E-state index contributed by atoms with van der Waals surface area (Å²) in [4.78, 5) is 27.7. The maximum absolute atomic E-state index is 14.0. The van der Waals surface area contributed by atoms with E-state index in [2.05, 4.69) is 52.3 Å². The topological polar surface area (TPSA) is 70.2 Å². The van der Waals surface area contributed by atoms with Crippen LogP contribution in [0.1, 0.15) is 80.4 Å². The van der Waals surface area contributed by atoms with Crippen LogP contribution in [0.4, 0.5) is 0 Å². The Morgan fingerprint density at radius 2 is 1.27 bits per heavy atom. The van der Waals surface area contributed by atoms with Gasteiger partial charge in [-0.05, 0) is 48.8 Å². The van der Waals surface area contributed by atoms with Crippen molar-refractivity contribution in [2.24, 2.45) is 0 Å². The van der Waals surface area contributed by atoms with E-state index in [9.17, 15) is 9.59 Å². The molecular formula is C35H43N3O2. The molecule has 5 heteroatoms. The van der Waals surface area contributed by atoms with Crippen molar-refractivity contribution in [3.8, 4) is 0 Å². The van der Waals surface area contributed by atoms with E-state index < -0.39 is 11.6 Å². The zero-order valence-corrected chi connectivity index (χ0v) is 23.5. The third kappa shape index (κ3) is 7.19. The van der Waals surface area contributed by atoms with Crippen LogP contribution in [0.5, 0.6) is 0 Å². The summed E-state index contributed by atoms with van der Waals surface area (Å²) in [5.74, 6) is 0.0606. The highest BCUT2D eigenvalue weighted by Crippen LogP contribution is 2.32. The molecule has 3 N–H and O–H groups in total. The Bertz CT molecular complexity index is 1160. The molecule has 2 amide bonds. The molecular weight excluding hydrogens is 494 g/mol. The molecule has 0 heterocycles. The number of hydrogen-bond acceptors (Lipinski definition) is 3. The number of rotatable bonds is 11. The van der Waals surface area contributed by atoms with Gasteiger partial charge in [0.1, 0.15) is 0 Å². The molecule has 2 aliphatic rings. The number of carbonyl (C=O) groups is 2. The van der Waals surface area contributed by atoms with Crippen molar-refractivity contribution in [1.29, 1.82) is 0 Å². The summed E-state index contributed by atoms with van der Waals surface area (Å²) in [6, 6.07) is 30.5. The number of benzene rings is 3. The lowest BCUT2D eigenvalue weighted by atomic mass is 9.90. The number of nitrogens with one attached hydrogen (secondary N) is 3. The van der Waals surface area contributed by atoms with Gasteiger partial charge in [0.05, 0.1) is 11.6 Å². The van der Waals surface area contributed by atoms with Crippen LogP contribution in [-0.4, -0.2) is 36.0 Å². The summed E-state index contributed by atoms with van der Waals surface area (Å²) in [6.07, 6.45) is 9.76. The van der Waals surface area contributed by atoms with Crippen molar-refractivity contribution in [2.45, 2.75) is 87.7 Å². The lowest BCUT2D eigenvalue weighted by molar-refractivity contribution is -0.130. The summed E-state index contributed by atoms with van der Waals surface area (Å²) in [6.45, 7) is 0.487. The summed E-state index contributed by atoms with van der Waals surface area (Å²) >= 11 is 0. The first-order chi connectivity index (χ1) is 19.6. The summed E-state index contributed by atoms with van der Waals surface area (Å²) in [5.41, 5.74) is 2.71. The third-order valence-corrected chi connectivity index (χ3v) is 8.77. The fourth-order valence-electron chi connectivity index (χ4n) is 6.50. The van der Waals surface area contributed by atoms with Gasteiger partial charge in [-0.3, -0.25) is 14.9 Å². The molecule has 0 spiro atoms. The molecule has 0 unspecified atom stereocenters. The average Bonchev–Trinajstić information content (AvgIpc) is 3.49. The number of carbonyl (C=O) groups excluding carboxylic acids is 2. The fourth-order valence-corrected chi connectivity index (χ4v) is 6.50. The van der Waals surface area contributed by atoms with E-state index in [0.29, 0.717) is 13.0 Å². The lowest BCUT2D eigenvalue weighted by Crippen LogP contribution is -2.63. The molecule has 3 aromatic rings. The Morgan fingerprint density at radius 3 is 1.85 bits per heavy atom. The van der Waals surface area contributed by atoms with Crippen LogP contribution >= 0.6 is 0 Å². The van der Waals surface area contributed by atoms with Gasteiger partial charge in [-0.2, -0.15) is 0 Å². The van der Waals surface area contributed by atoms with Crippen molar-refractivity contribution < 1.29 is 9.59 Å². The largest absolute Gasteiger partial charge is 0.354 e. The number of hydrogen-bond donors (Lipinski definition) is 3. The van der Waals surface area contributed by atoms with Crippen molar-refractivity contribution in [3.63, 3.8) is 0 Å². The maximum Gasteiger partial charge on any atom is 0.240 e. The molecule has 0 radical (unpaired) electrons. The molecule has 1 atom stereocenters. The van der Waals surface area contributed by atoms with Crippen LogP contribution in [-0.2, 0) is 16.0 Å². The molecule has 0 aliphatic heterocycles. The Balaban J connectivity index is 1.35. The summed E-state index contributed by atoms with van der Waals surface area (Å²) in [7, 11) is 0. The molecule has 0 bridgehead atoms. The average molecular weight is 538 g/mol. The molecule has 5 rings (SSSR count). The third-order valence-electron chi connectivity index (χ3n) is 8.77. The van der Waals surface area contributed by atoms with Gasteiger partial charge in [-0.1, -0.05) is 123 Å². The van der Waals surface area contributed by atoms with Gasteiger partial charge in [0.2, 0.25) is 11.8 Å². The standard InChI is InChI=1S/C35H43N3O2/c39-33(36-26-31(28-17-7-2-8-18-28)29-19-9-3-10-20-29)32(25-27-15-5-1-6-16-27)38-35(23-13-14-24-35)34(40)37-30-21-11-4-12-22-30/h1-3,5-10,15-20,30-32,38H,4,11-14,21-26H2,(H,36,39)(H,37,40)/t32-/m0/s1. The minimum atomic E-state index is -0.702. The first-order valence-corrected chi connectivity index (χ1v) is 15.1. The van der Waals surface area contributed by atoms with Gasteiger partial charge in [0.15, 0.2) is 0 Å². The predicted molar refractivity (Wildman–Crippen MR) is 161 cm³/mol. The molecule has 3 aromatic carbocycles. The van der Waals surface area contributed by atoms with Gasteiger partial charge < -0.3 is 10.6 Å². The highest BCUT2D eigenvalue weighted by Gasteiger charge is 2.44. The van der Waals surface area contributed by atoms with E-state index in [1.54, 1.807) is 0 Å². The SMILES string of the molecule is O=C(NCC(c1ccccc1)c1ccccc1)[C@H](Cc1ccccc1)NC1(C(=O)NC2CCCCC2)CCCC1. The van der Waals surface area contributed by atoms with Crippen LogP contribution < -0.4 is 16.0 Å². The molecule has 40 heavy (non-hydrogen) atoms. The molecule has 5 nitrogen and oxygen atoms in total. The first-order valence-electron chi connectivity index (χ1n) is 15.1. The molecule has 0 aromatic heterocycles. The molecule has 0 saturated heterocycles. The minimum absolute atomic E-state index is 0.0405. The van der Waals surface area contributed by atoms with Gasteiger partial charge in [0, 0.05) is 18.5 Å². The van der Waals surface area contributed by atoms with Crippen LogP contribution in [0, 0.1) is 0 Å². The highest BCUT2D eigenvalue weighted by molar-refractivity contribution is 5.89. The van der Waals surface area contributed by atoms with E-state index in [1.807, 2.05) is 54.6 Å². The van der Waals surface area contributed by atoms with E-state index in [-0.39, 0.29) is 23.8 Å². The van der Waals surface area contributed by atoms with Crippen molar-refractivity contribution in [3.05, 3.63) is 108 Å². The highest BCUT2D eigenvalue weighted by atomic mass is 16.2. The van der Waals surface area contributed by atoms with Gasteiger partial charge >= 0.3 is 0 Å². The second-order valence-electron chi connectivity index (χ2n) is 11.6. The van der Waals surface area contributed by atoms with E-state index >= 15 is 0 Å². The predicted octanol–water partition coefficient (Wildman–Crippen LogP) is 5.90. The Morgan fingerprint density at radius 1 is 0.725 bits per heavy atom. The van der Waals surface area contributed by atoms with Crippen molar-refractivity contribution in [1.82, 2.24) is 16.0 Å². The van der Waals surface area contributed by atoms with Crippen molar-refractivity contribution >= 4 is 11.8 Å². The zero-order valence-electron chi connectivity index (χ0n) is 23.5. The van der Waals surface area contributed by atoms with Crippen LogP contribution in [0.15, 0.2) is 91.0 Å². The minimum Gasteiger partial charge on any atom is -0.354 e. The molecule has 2 saturated carbocycles. The monoisotopic (exact) mass is 537 g/mol. The van der Waals surface area contributed by atoms with Crippen LogP contribution in [0.2, 0.25) is 0 Å². The number of amides is 2. The Hall–Kier alpha value is -3.44. The Labute approximate surface area is 239 Å². The van der Waals surface area contributed by atoms with Gasteiger partial charge in [-0.15, -0.1) is 0 Å². The fraction of sp³-hybridized carbons (Fsp3) is 0.429. The molecule has 2 fully saturated rings. The first kappa shape index (κ1) is 28.1.